The zero-order valence-electron chi connectivity index (χ0n) is 12.3. The van der Waals surface area contributed by atoms with Crippen LogP contribution in [0.2, 0.25) is 0 Å². The number of para-hydroxylation sites is 1. The van der Waals surface area contributed by atoms with Gasteiger partial charge in [0, 0.05) is 18.0 Å². The summed E-state index contributed by atoms with van der Waals surface area (Å²) in [5.74, 6) is 3.32. The first-order valence-electron chi connectivity index (χ1n) is 7.11. The number of methoxy groups -OCH3 is 1. The third kappa shape index (κ3) is 1.96. The summed E-state index contributed by atoms with van der Waals surface area (Å²) in [6.45, 7) is 4.48. The van der Waals surface area contributed by atoms with Crippen LogP contribution in [0.5, 0.6) is 5.75 Å². The fourth-order valence-corrected chi connectivity index (χ4v) is 3.25. The highest BCUT2D eigenvalue weighted by Crippen LogP contribution is 2.38. The van der Waals surface area contributed by atoms with Gasteiger partial charge in [-0.3, -0.25) is 0 Å². The molecule has 20 heavy (non-hydrogen) atoms. The lowest BCUT2D eigenvalue weighted by molar-refractivity contribution is 0.346. The molecule has 0 spiro atoms. The van der Waals surface area contributed by atoms with Crippen LogP contribution in [-0.4, -0.2) is 16.7 Å². The van der Waals surface area contributed by atoms with E-state index in [2.05, 4.69) is 18.4 Å². The lowest BCUT2D eigenvalue weighted by Crippen LogP contribution is -2.22. The van der Waals surface area contributed by atoms with Crippen LogP contribution >= 0.6 is 0 Å². The fraction of sp³-hybridized carbons (Fsp3) is 0.438. The number of anilines is 1. The van der Waals surface area contributed by atoms with Crippen molar-refractivity contribution in [3.63, 3.8) is 0 Å². The molecule has 2 N–H and O–H groups in total. The number of hydrogen-bond donors (Lipinski definition) is 1. The number of nitrogens with zero attached hydrogens (tertiary/aromatic N) is 2. The number of nitrogen functional groups attached to an aromatic ring is 1. The molecule has 0 radical (unpaired) electrons. The standard InChI is InChI=1S/C16H21N3O/c1-10-8-11(2)19-14(9-10)18-15(16(19)17)12-6-4-5-7-13(12)20-3/h4-7,10-11H,8-9,17H2,1-3H3. The van der Waals surface area contributed by atoms with Gasteiger partial charge in [0.1, 0.15) is 23.1 Å². The topological polar surface area (TPSA) is 53.1 Å². The Balaban J connectivity index is 2.15. The van der Waals surface area contributed by atoms with Crippen LogP contribution in [0.25, 0.3) is 11.3 Å². The summed E-state index contributed by atoms with van der Waals surface area (Å²) in [5, 5.41) is 0. The van der Waals surface area contributed by atoms with E-state index in [0.717, 1.165) is 41.5 Å². The molecule has 0 fully saturated rings. The van der Waals surface area contributed by atoms with Gasteiger partial charge in [-0.15, -0.1) is 0 Å². The maximum absolute atomic E-state index is 6.36. The van der Waals surface area contributed by atoms with Crippen LogP contribution in [-0.2, 0) is 6.42 Å². The van der Waals surface area contributed by atoms with Crippen molar-refractivity contribution in [1.29, 1.82) is 0 Å². The van der Waals surface area contributed by atoms with Gasteiger partial charge in [0.25, 0.3) is 0 Å². The van der Waals surface area contributed by atoms with E-state index < -0.39 is 0 Å². The second-order valence-electron chi connectivity index (χ2n) is 5.73. The third-order valence-corrected chi connectivity index (χ3v) is 4.10. The molecule has 3 rings (SSSR count). The SMILES string of the molecule is COc1ccccc1-c1nc2n(c1N)C(C)CC(C)C2. The van der Waals surface area contributed by atoms with Crippen molar-refractivity contribution < 1.29 is 4.74 Å². The highest BCUT2D eigenvalue weighted by molar-refractivity contribution is 5.76. The zero-order chi connectivity index (χ0) is 14.3. The van der Waals surface area contributed by atoms with Crippen molar-refractivity contribution in [2.45, 2.75) is 32.7 Å². The largest absolute Gasteiger partial charge is 0.496 e. The molecule has 1 aliphatic rings. The van der Waals surface area contributed by atoms with Crippen LogP contribution in [0.1, 0.15) is 32.1 Å². The molecule has 0 saturated carbocycles. The Morgan fingerprint density at radius 2 is 2.05 bits per heavy atom. The van der Waals surface area contributed by atoms with Gasteiger partial charge in [0.2, 0.25) is 0 Å². The molecule has 0 bridgehead atoms. The Morgan fingerprint density at radius 3 is 2.80 bits per heavy atom. The summed E-state index contributed by atoms with van der Waals surface area (Å²) < 4.78 is 7.61. The lowest BCUT2D eigenvalue weighted by Gasteiger charge is -2.27. The second kappa shape index (κ2) is 4.85. The third-order valence-electron chi connectivity index (χ3n) is 4.10. The molecule has 4 nitrogen and oxygen atoms in total. The number of aromatic nitrogens is 2. The van der Waals surface area contributed by atoms with E-state index in [-0.39, 0.29) is 0 Å². The molecule has 2 atom stereocenters. The van der Waals surface area contributed by atoms with E-state index in [1.165, 1.54) is 0 Å². The molecule has 0 aliphatic carbocycles. The predicted octanol–water partition coefficient (Wildman–Crippen LogP) is 3.28. The summed E-state index contributed by atoms with van der Waals surface area (Å²) in [6, 6.07) is 8.31. The fourth-order valence-electron chi connectivity index (χ4n) is 3.25. The molecule has 2 heterocycles. The Labute approximate surface area is 119 Å². The molecule has 1 aromatic heterocycles. The highest BCUT2D eigenvalue weighted by atomic mass is 16.5. The first-order chi connectivity index (χ1) is 9.61. The van der Waals surface area contributed by atoms with E-state index in [0.29, 0.717) is 12.0 Å². The number of rotatable bonds is 2. The van der Waals surface area contributed by atoms with Gasteiger partial charge in [0.05, 0.1) is 7.11 Å². The molecule has 4 heteroatoms. The maximum atomic E-state index is 6.36. The van der Waals surface area contributed by atoms with Crippen LogP contribution in [0.15, 0.2) is 24.3 Å². The number of fused-ring (bicyclic) bond motifs is 1. The van der Waals surface area contributed by atoms with Gasteiger partial charge in [-0.1, -0.05) is 19.1 Å². The summed E-state index contributed by atoms with van der Waals surface area (Å²) in [4.78, 5) is 4.79. The molecule has 2 unspecified atom stereocenters. The monoisotopic (exact) mass is 271 g/mol. The Hall–Kier alpha value is -1.97. The molecule has 2 aromatic rings. The Kier molecular flexibility index (Phi) is 3.16. The van der Waals surface area contributed by atoms with Crippen molar-refractivity contribution >= 4 is 5.82 Å². The van der Waals surface area contributed by atoms with Crippen molar-refractivity contribution in [2.24, 2.45) is 5.92 Å². The Morgan fingerprint density at radius 1 is 1.30 bits per heavy atom. The maximum Gasteiger partial charge on any atom is 0.132 e. The first-order valence-corrected chi connectivity index (χ1v) is 7.11. The molecule has 0 amide bonds. The molecule has 0 saturated heterocycles. The van der Waals surface area contributed by atoms with Crippen LogP contribution in [0.3, 0.4) is 0 Å². The summed E-state index contributed by atoms with van der Waals surface area (Å²) in [6.07, 6.45) is 2.14. The number of imidazole rings is 1. The van der Waals surface area contributed by atoms with Gasteiger partial charge in [0.15, 0.2) is 0 Å². The van der Waals surface area contributed by atoms with Crippen molar-refractivity contribution in [3.05, 3.63) is 30.1 Å². The minimum Gasteiger partial charge on any atom is -0.496 e. The first kappa shape index (κ1) is 13.0. The number of ether oxygens (including phenoxy) is 1. The van der Waals surface area contributed by atoms with Gasteiger partial charge in [-0.2, -0.15) is 0 Å². The molecule has 1 aromatic carbocycles. The number of nitrogens with two attached hydrogens (primary N) is 1. The lowest BCUT2D eigenvalue weighted by atomic mass is 9.95. The van der Waals surface area contributed by atoms with Gasteiger partial charge >= 0.3 is 0 Å². The predicted molar refractivity (Wildman–Crippen MR) is 80.8 cm³/mol. The van der Waals surface area contributed by atoms with Crippen LogP contribution in [0.4, 0.5) is 5.82 Å². The van der Waals surface area contributed by atoms with Crippen molar-refractivity contribution in [1.82, 2.24) is 9.55 Å². The molecular weight excluding hydrogens is 250 g/mol. The normalized spacial score (nSPS) is 21.6. The summed E-state index contributed by atoms with van der Waals surface area (Å²) in [5.41, 5.74) is 8.17. The van der Waals surface area contributed by atoms with E-state index in [1.807, 2.05) is 24.3 Å². The summed E-state index contributed by atoms with van der Waals surface area (Å²) in [7, 11) is 1.68. The zero-order valence-corrected chi connectivity index (χ0v) is 12.3. The van der Waals surface area contributed by atoms with Gasteiger partial charge in [-0.25, -0.2) is 4.98 Å². The van der Waals surface area contributed by atoms with E-state index in [1.54, 1.807) is 7.11 Å². The summed E-state index contributed by atoms with van der Waals surface area (Å²) >= 11 is 0. The van der Waals surface area contributed by atoms with Crippen LogP contribution in [0, 0.1) is 5.92 Å². The van der Waals surface area contributed by atoms with E-state index >= 15 is 0 Å². The molecular formula is C16H21N3O. The number of benzene rings is 1. The van der Waals surface area contributed by atoms with Gasteiger partial charge in [-0.05, 0) is 31.4 Å². The second-order valence-corrected chi connectivity index (χ2v) is 5.73. The van der Waals surface area contributed by atoms with E-state index in [9.17, 15) is 0 Å². The van der Waals surface area contributed by atoms with E-state index in [4.69, 9.17) is 15.5 Å². The minimum absolute atomic E-state index is 0.407. The van der Waals surface area contributed by atoms with Crippen LogP contribution < -0.4 is 10.5 Å². The average Bonchev–Trinajstić information content (AvgIpc) is 2.75. The Bertz CT molecular complexity index is 633. The van der Waals surface area contributed by atoms with Crippen molar-refractivity contribution in [2.75, 3.05) is 12.8 Å². The van der Waals surface area contributed by atoms with Gasteiger partial charge < -0.3 is 15.0 Å². The minimum atomic E-state index is 0.407. The smallest absolute Gasteiger partial charge is 0.132 e. The average molecular weight is 271 g/mol. The highest BCUT2D eigenvalue weighted by Gasteiger charge is 2.27. The van der Waals surface area contributed by atoms with Crippen molar-refractivity contribution in [3.8, 4) is 17.0 Å². The molecule has 106 valence electrons. The quantitative estimate of drug-likeness (QED) is 0.912. The number of hydrogen-bond acceptors (Lipinski definition) is 3. The molecule has 1 aliphatic heterocycles.